The van der Waals surface area contributed by atoms with Gasteiger partial charge in [0.1, 0.15) is 17.1 Å². The predicted molar refractivity (Wildman–Crippen MR) is 117 cm³/mol. The van der Waals surface area contributed by atoms with Gasteiger partial charge in [-0.1, -0.05) is 17.7 Å². The topological polar surface area (TPSA) is 63.1 Å². The smallest absolute Gasteiger partial charge is 0.165 e. The SMILES string of the molecule is O=C(Cc1ccc(Cl)nc1)C(O)C1C[C@H]2CC(c3ccnc4ccc(F)cc34)C[C@H]2C1. The van der Waals surface area contributed by atoms with Crippen LogP contribution in [0.1, 0.15) is 42.7 Å². The molecule has 5 atom stereocenters. The maximum Gasteiger partial charge on any atom is 0.165 e. The van der Waals surface area contributed by atoms with E-state index in [0.29, 0.717) is 22.9 Å². The van der Waals surface area contributed by atoms with Gasteiger partial charge in [-0.05, 0) is 90.8 Å². The van der Waals surface area contributed by atoms with Crippen molar-refractivity contribution in [2.24, 2.45) is 17.8 Å². The minimum Gasteiger partial charge on any atom is -0.385 e. The van der Waals surface area contributed by atoms with E-state index in [1.165, 1.54) is 11.6 Å². The molecule has 1 N–H and O–H groups in total. The van der Waals surface area contributed by atoms with Gasteiger partial charge in [0, 0.05) is 24.2 Å². The summed E-state index contributed by atoms with van der Waals surface area (Å²) < 4.78 is 13.8. The largest absolute Gasteiger partial charge is 0.385 e. The van der Waals surface area contributed by atoms with E-state index in [-0.39, 0.29) is 23.9 Å². The van der Waals surface area contributed by atoms with Gasteiger partial charge in [-0.25, -0.2) is 9.37 Å². The van der Waals surface area contributed by atoms with E-state index in [1.54, 1.807) is 36.7 Å². The molecule has 2 aliphatic rings. The number of halogens is 2. The van der Waals surface area contributed by atoms with Crippen molar-refractivity contribution in [2.75, 3.05) is 0 Å². The van der Waals surface area contributed by atoms with Crippen LogP contribution >= 0.6 is 11.6 Å². The second kappa shape index (κ2) is 8.29. The summed E-state index contributed by atoms with van der Waals surface area (Å²) in [4.78, 5) is 21.0. The van der Waals surface area contributed by atoms with E-state index < -0.39 is 6.10 Å². The van der Waals surface area contributed by atoms with Crippen LogP contribution in [0.4, 0.5) is 4.39 Å². The van der Waals surface area contributed by atoms with Gasteiger partial charge in [-0.15, -0.1) is 0 Å². The minimum absolute atomic E-state index is 0.00957. The molecule has 31 heavy (non-hydrogen) atoms. The molecule has 0 saturated heterocycles. The molecule has 2 fully saturated rings. The first kappa shape index (κ1) is 20.5. The number of pyridine rings is 2. The van der Waals surface area contributed by atoms with E-state index in [4.69, 9.17) is 11.6 Å². The van der Waals surface area contributed by atoms with Crippen molar-refractivity contribution < 1.29 is 14.3 Å². The standard InChI is InChI=1S/C25H24ClFN2O2/c26-24-4-1-14(13-29-24)7-23(30)25(31)18-10-15-8-17(9-16(15)11-18)20-5-6-28-22-3-2-19(27)12-21(20)22/h1-6,12-13,15-18,25,31H,7-11H2/t15-,16+,17?,18?,25?. The Morgan fingerprint density at radius 2 is 1.87 bits per heavy atom. The highest BCUT2D eigenvalue weighted by Gasteiger charge is 2.45. The molecule has 3 aromatic rings. The molecule has 0 amide bonds. The van der Waals surface area contributed by atoms with Gasteiger partial charge in [0.25, 0.3) is 0 Å². The average molecular weight is 439 g/mol. The van der Waals surface area contributed by atoms with Gasteiger partial charge in [0.2, 0.25) is 0 Å². The number of benzene rings is 1. The van der Waals surface area contributed by atoms with Gasteiger partial charge in [-0.3, -0.25) is 9.78 Å². The summed E-state index contributed by atoms with van der Waals surface area (Å²) in [5.41, 5.74) is 2.76. The third-order valence-electron chi connectivity index (χ3n) is 7.17. The number of hydrogen-bond acceptors (Lipinski definition) is 4. The molecular weight excluding hydrogens is 415 g/mol. The highest BCUT2D eigenvalue weighted by molar-refractivity contribution is 6.29. The van der Waals surface area contributed by atoms with Crippen molar-refractivity contribution in [1.29, 1.82) is 0 Å². The first-order chi connectivity index (χ1) is 15.0. The zero-order chi connectivity index (χ0) is 21.5. The van der Waals surface area contributed by atoms with E-state index in [2.05, 4.69) is 9.97 Å². The highest BCUT2D eigenvalue weighted by Crippen LogP contribution is 2.53. The fourth-order valence-corrected chi connectivity index (χ4v) is 5.86. The lowest BCUT2D eigenvalue weighted by Gasteiger charge is -2.20. The van der Waals surface area contributed by atoms with E-state index in [1.807, 2.05) is 6.07 Å². The van der Waals surface area contributed by atoms with Crippen molar-refractivity contribution in [3.8, 4) is 0 Å². The number of aliphatic hydroxyl groups excluding tert-OH is 1. The third-order valence-corrected chi connectivity index (χ3v) is 7.40. The second-order valence-corrected chi connectivity index (χ2v) is 9.45. The van der Waals surface area contributed by atoms with Crippen LogP contribution in [-0.2, 0) is 11.2 Å². The molecule has 0 aliphatic heterocycles. The van der Waals surface area contributed by atoms with Crippen molar-refractivity contribution in [3.63, 3.8) is 0 Å². The number of aromatic nitrogens is 2. The zero-order valence-electron chi connectivity index (χ0n) is 17.0. The molecule has 2 aliphatic carbocycles. The van der Waals surface area contributed by atoms with Gasteiger partial charge in [0.05, 0.1) is 5.52 Å². The van der Waals surface area contributed by atoms with E-state index in [9.17, 15) is 14.3 Å². The highest BCUT2D eigenvalue weighted by atomic mass is 35.5. The molecule has 160 valence electrons. The average Bonchev–Trinajstić information content (AvgIpc) is 3.33. The summed E-state index contributed by atoms with van der Waals surface area (Å²) >= 11 is 5.80. The van der Waals surface area contributed by atoms with Crippen LogP contribution in [0.3, 0.4) is 0 Å². The molecule has 4 nitrogen and oxygen atoms in total. The van der Waals surface area contributed by atoms with Crippen LogP contribution in [0, 0.1) is 23.6 Å². The molecule has 3 unspecified atom stereocenters. The summed E-state index contributed by atoms with van der Waals surface area (Å²) in [6.45, 7) is 0. The van der Waals surface area contributed by atoms with Crippen LogP contribution in [0.5, 0.6) is 0 Å². The summed E-state index contributed by atoms with van der Waals surface area (Å²) in [6, 6.07) is 10.2. The quantitative estimate of drug-likeness (QED) is 0.562. The Balaban J connectivity index is 1.24. The number of fused-ring (bicyclic) bond motifs is 2. The van der Waals surface area contributed by atoms with Crippen LogP contribution in [-0.4, -0.2) is 27.0 Å². The Hall–Kier alpha value is -2.37. The Morgan fingerprint density at radius 1 is 1.10 bits per heavy atom. The second-order valence-electron chi connectivity index (χ2n) is 9.06. The summed E-state index contributed by atoms with van der Waals surface area (Å²) in [7, 11) is 0. The number of aliphatic hydroxyl groups is 1. The molecule has 6 heteroatoms. The summed E-state index contributed by atoms with van der Waals surface area (Å²) in [6.07, 6.45) is 6.39. The van der Waals surface area contributed by atoms with Gasteiger partial charge in [0.15, 0.2) is 5.78 Å². The number of hydrogen-bond donors (Lipinski definition) is 1. The molecule has 2 heterocycles. The van der Waals surface area contributed by atoms with Gasteiger partial charge >= 0.3 is 0 Å². The maximum absolute atomic E-state index is 13.8. The Kier molecular flexibility index (Phi) is 5.49. The van der Waals surface area contributed by atoms with Crippen LogP contribution in [0.15, 0.2) is 48.8 Å². The number of rotatable bonds is 5. The molecular formula is C25H24ClFN2O2. The van der Waals surface area contributed by atoms with Gasteiger partial charge in [-0.2, -0.15) is 0 Å². The third kappa shape index (κ3) is 4.09. The van der Waals surface area contributed by atoms with E-state index >= 15 is 0 Å². The van der Waals surface area contributed by atoms with Crippen molar-refractivity contribution in [1.82, 2.24) is 9.97 Å². The summed E-state index contributed by atoms with van der Waals surface area (Å²) in [5.74, 6) is 0.975. The molecule has 0 radical (unpaired) electrons. The predicted octanol–water partition coefficient (Wildman–Crippen LogP) is 5.11. The number of carbonyl (C=O) groups is 1. The minimum atomic E-state index is -0.935. The molecule has 0 spiro atoms. The number of Topliss-reactive ketones (excluding diaryl/α,β-unsaturated/α-hetero) is 1. The monoisotopic (exact) mass is 438 g/mol. The lowest BCUT2D eigenvalue weighted by molar-refractivity contribution is -0.129. The number of carbonyl (C=O) groups excluding carboxylic acids is 1. The molecule has 1 aromatic carbocycles. The first-order valence-electron chi connectivity index (χ1n) is 10.8. The lowest BCUT2D eigenvalue weighted by atomic mass is 9.87. The van der Waals surface area contributed by atoms with E-state index in [0.717, 1.165) is 42.1 Å². The van der Waals surface area contributed by atoms with Crippen molar-refractivity contribution >= 4 is 28.3 Å². The summed E-state index contributed by atoms with van der Waals surface area (Å²) in [5, 5.41) is 12.0. The molecule has 0 bridgehead atoms. The normalized spacial score (nSPS) is 26.2. The fraction of sp³-hybridized carbons (Fsp3) is 0.400. The fourth-order valence-electron chi connectivity index (χ4n) is 5.75. The van der Waals surface area contributed by atoms with Gasteiger partial charge < -0.3 is 5.11 Å². The van der Waals surface area contributed by atoms with Crippen LogP contribution in [0.25, 0.3) is 10.9 Å². The van der Waals surface area contributed by atoms with Crippen LogP contribution < -0.4 is 0 Å². The number of ketones is 1. The zero-order valence-corrected chi connectivity index (χ0v) is 17.8. The Morgan fingerprint density at radius 3 is 2.58 bits per heavy atom. The molecule has 5 rings (SSSR count). The van der Waals surface area contributed by atoms with Crippen molar-refractivity contribution in [2.45, 2.75) is 44.1 Å². The Labute approximate surface area is 185 Å². The van der Waals surface area contributed by atoms with Crippen molar-refractivity contribution in [3.05, 3.63) is 70.9 Å². The number of nitrogens with zero attached hydrogens (tertiary/aromatic N) is 2. The van der Waals surface area contributed by atoms with Crippen LogP contribution in [0.2, 0.25) is 5.15 Å². The molecule has 2 saturated carbocycles. The first-order valence-corrected chi connectivity index (χ1v) is 11.2. The lowest BCUT2D eigenvalue weighted by Crippen LogP contribution is -2.30. The molecule has 2 aromatic heterocycles. The Bertz CT molecular complexity index is 1110. The maximum atomic E-state index is 13.8.